The number of aryl methyl sites for hydroxylation is 2. The number of halogens is 2. The Morgan fingerprint density at radius 3 is 2.32 bits per heavy atom. The van der Waals surface area contributed by atoms with Crippen molar-refractivity contribution in [1.29, 1.82) is 0 Å². The Morgan fingerprint density at radius 2 is 1.66 bits per heavy atom. The molecule has 1 fully saturated rings. The summed E-state index contributed by atoms with van der Waals surface area (Å²) in [4.78, 5) is 16.8. The summed E-state index contributed by atoms with van der Waals surface area (Å²) in [5, 5.41) is 0.611. The van der Waals surface area contributed by atoms with Crippen LogP contribution in [0.5, 0.6) is 0 Å². The highest BCUT2D eigenvalue weighted by Gasteiger charge is 2.37. The lowest BCUT2D eigenvalue weighted by molar-refractivity contribution is -0.0461. The van der Waals surface area contributed by atoms with Gasteiger partial charge in [-0.2, -0.15) is 13.8 Å². The number of hydrogen-bond acceptors (Lipinski definition) is 7. The van der Waals surface area contributed by atoms with Crippen molar-refractivity contribution < 1.29 is 17.2 Å². The van der Waals surface area contributed by atoms with Crippen molar-refractivity contribution in [3.8, 4) is 0 Å². The molecule has 0 N–H and O–H groups in total. The van der Waals surface area contributed by atoms with E-state index >= 15 is 0 Å². The minimum Gasteiger partial charge on any atom is -0.341 e. The Bertz CT molecular complexity index is 1530. The van der Waals surface area contributed by atoms with Crippen molar-refractivity contribution in [1.82, 2.24) is 23.8 Å². The standard InChI is InChI=1S/C27H30F2N6O2S/c1-19-4-7-23(8-5-19)38(36,37)35-15-10-21-17-31-26(32-25(21)35)33(3)22-11-13-34(14-12-22)18-27(28,29)24-9-6-20(2)16-30-24/h4-10,15-17,22H,11-14,18H2,1-3H3. The van der Waals surface area contributed by atoms with Crippen molar-refractivity contribution in [2.24, 2.45) is 0 Å². The monoisotopic (exact) mass is 540 g/mol. The molecular formula is C27H30F2N6O2S. The maximum atomic E-state index is 14.8. The number of piperidine rings is 1. The van der Waals surface area contributed by atoms with Crippen LogP contribution in [0.4, 0.5) is 14.7 Å². The third kappa shape index (κ3) is 5.12. The molecule has 0 amide bonds. The molecule has 1 saturated heterocycles. The number of hydrogen-bond donors (Lipinski definition) is 0. The molecule has 4 heterocycles. The predicted molar refractivity (Wildman–Crippen MR) is 142 cm³/mol. The lowest BCUT2D eigenvalue weighted by Crippen LogP contribution is -2.47. The zero-order valence-corrected chi connectivity index (χ0v) is 22.4. The van der Waals surface area contributed by atoms with E-state index in [1.165, 1.54) is 22.4 Å². The van der Waals surface area contributed by atoms with Gasteiger partial charge in [-0.1, -0.05) is 23.8 Å². The second-order valence-corrected chi connectivity index (χ2v) is 11.7. The summed E-state index contributed by atoms with van der Waals surface area (Å²) in [6.45, 7) is 4.33. The Balaban J connectivity index is 1.29. The van der Waals surface area contributed by atoms with Crippen LogP contribution in [0.3, 0.4) is 0 Å². The van der Waals surface area contributed by atoms with E-state index in [-0.39, 0.29) is 23.2 Å². The minimum atomic E-state index is -3.83. The van der Waals surface area contributed by atoms with Crippen LogP contribution in [0.25, 0.3) is 11.0 Å². The maximum absolute atomic E-state index is 14.8. The molecule has 0 aliphatic carbocycles. The van der Waals surface area contributed by atoms with Crippen LogP contribution in [0.2, 0.25) is 0 Å². The van der Waals surface area contributed by atoms with E-state index in [0.717, 1.165) is 11.1 Å². The summed E-state index contributed by atoms with van der Waals surface area (Å²) in [6, 6.07) is 11.4. The number of benzene rings is 1. The number of nitrogens with zero attached hydrogens (tertiary/aromatic N) is 6. The molecule has 200 valence electrons. The third-order valence-corrected chi connectivity index (χ3v) is 8.77. The van der Waals surface area contributed by atoms with Crippen LogP contribution < -0.4 is 4.90 Å². The van der Waals surface area contributed by atoms with E-state index < -0.39 is 15.9 Å². The van der Waals surface area contributed by atoms with E-state index in [1.54, 1.807) is 47.5 Å². The number of alkyl halides is 2. The molecule has 8 nitrogen and oxygen atoms in total. The van der Waals surface area contributed by atoms with Gasteiger partial charge in [0.05, 0.1) is 11.4 Å². The molecule has 0 atom stereocenters. The van der Waals surface area contributed by atoms with E-state index in [2.05, 4.69) is 15.0 Å². The van der Waals surface area contributed by atoms with E-state index in [1.807, 2.05) is 25.8 Å². The fraction of sp³-hybridized carbons (Fsp3) is 0.370. The zero-order chi connectivity index (χ0) is 27.1. The average Bonchev–Trinajstić information content (AvgIpc) is 3.33. The second-order valence-electron chi connectivity index (χ2n) is 9.92. The van der Waals surface area contributed by atoms with Gasteiger partial charge in [-0.15, -0.1) is 0 Å². The van der Waals surface area contributed by atoms with Gasteiger partial charge in [0.25, 0.3) is 10.0 Å². The topological polar surface area (TPSA) is 84.2 Å². The first-order valence-corrected chi connectivity index (χ1v) is 13.9. The van der Waals surface area contributed by atoms with Gasteiger partial charge in [0.1, 0.15) is 5.69 Å². The lowest BCUT2D eigenvalue weighted by atomic mass is 10.0. The summed E-state index contributed by atoms with van der Waals surface area (Å²) < 4.78 is 57.4. The highest BCUT2D eigenvalue weighted by molar-refractivity contribution is 7.90. The number of anilines is 1. The molecule has 0 spiro atoms. The Labute approximate surface area is 221 Å². The summed E-state index contributed by atoms with van der Waals surface area (Å²) in [6.07, 6.45) is 5.86. The van der Waals surface area contributed by atoms with Crippen molar-refractivity contribution in [3.05, 3.63) is 77.9 Å². The third-order valence-electron chi connectivity index (χ3n) is 7.09. The molecule has 5 rings (SSSR count). The fourth-order valence-corrected chi connectivity index (χ4v) is 6.05. The van der Waals surface area contributed by atoms with Crippen molar-refractivity contribution in [2.45, 2.75) is 43.5 Å². The van der Waals surface area contributed by atoms with Crippen molar-refractivity contribution >= 4 is 27.0 Å². The second kappa shape index (κ2) is 10.0. The Hall–Kier alpha value is -3.44. The van der Waals surface area contributed by atoms with E-state index in [4.69, 9.17) is 0 Å². The van der Waals surface area contributed by atoms with E-state index in [0.29, 0.717) is 42.9 Å². The quantitative estimate of drug-likeness (QED) is 0.344. The molecule has 38 heavy (non-hydrogen) atoms. The number of aromatic nitrogens is 4. The molecule has 0 radical (unpaired) electrons. The van der Waals surface area contributed by atoms with Gasteiger partial charge in [-0.3, -0.25) is 9.88 Å². The first-order chi connectivity index (χ1) is 18.0. The molecule has 1 aromatic carbocycles. The van der Waals surface area contributed by atoms with Crippen LogP contribution >= 0.6 is 0 Å². The number of rotatable bonds is 7. The first kappa shape index (κ1) is 26.2. The highest BCUT2D eigenvalue weighted by Crippen LogP contribution is 2.30. The molecule has 0 unspecified atom stereocenters. The van der Waals surface area contributed by atoms with Crippen molar-refractivity contribution in [2.75, 3.05) is 31.6 Å². The minimum absolute atomic E-state index is 0.0342. The van der Waals surface area contributed by atoms with Gasteiger partial charge in [0.15, 0.2) is 5.65 Å². The molecule has 1 aliphatic rings. The Morgan fingerprint density at radius 1 is 0.974 bits per heavy atom. The van der Waals surface area contributed by atoms with Crippen LogP contribution in [0, 0.1) is 13.8 Å². The molecule has 11 heteroatoms. The fourth-order valence-electron chi connectivity index (χ4n) is 4.75. The zero-order valence-electron chi connectivity index (χ0n) is 21.6. The van der Waals surface area contributed by atoms with Gasteiger partial charge >= 0.3 is 5.92 Å². The lowest BCUT2D eigenvalue weighted by Gasteiger charge is -2.37. The molecule has 4 aromatic rings. The van der Waals surface area contributed by atoms with Gasteiger partial charge in [0, 0.05) is 50.2 Å². The number of likely N-dealkylation sites (tertiary alicyclic amines) is 1. The van der Waals surface area contributed by atoms with Gasteiger partial charge in [-0.25, -0.2) is 17.4 Å². The van der Waals surface area contributed by atoms with Gasteiger partial charge in [0.2, 0.25) is 5.95 Å². The normalized spacial score (nSPS) is 15.7. The van der Waals surface area contributed by atoms with Gasteiger partial charge < -0.3 is 4.90 Å². The number of pyridine rings is 1. The largest absolute Gasteiger partial charge is 0.341 e. The van der Waals surface area contributed by atoms with Crippen LogP contribution in [-0.2, 0) is 15.9 Å². The first-order valence-electron chi connectivity index (χ1n) is 12.5. The predicted octanol–water partition coefficient (Wildman–Crippen LogP) is 4.37. The number of fused-ring (bicyclic) bond motifs is 1. The van der Waals surface area contributed by atoms with Crippen LogP contribution in [0.1, 0.15) is 29.7 Å². The summed E-state index contributed by atoms with van der Waals surface area (Å²) in [5.41, 5.74) is 1.89. The van der Waals surface area contributed by atoms with Crippen LogP contribution in [0.15, 0.2) is 66.0 Å². The van der Waals surface area contributed by atoms with Gasteiger partial charge in [-0.05, 0) is 56.5 Å². The van der Waals surface area contributed by atoms with Crippen LogP contribution in [-0.4, -0.2) is 65.0 Å². The maximum Gasteiger partial charge on any atom is 0.302 e. The molecule has 0 saturated carbocycles. The molecular weight excluding hydrogens is 510 g/mol. The summed E-state index contributed by atoms with van der Waals surface area (Å²) >= 11 is 0. The van der Waals surface area contributed by atoms with Crippen molar-refractivity contribution in [3.63, 3.8) is 0 Å². The molecule has 1 aliphatic heterocycles. The average molecular weight is 541 g/mol. The summed E-state index contributed by atoms with van der Waals surface area (Å²) in [7, 11) is -1.98. The Kier molecular flexibility index (Phi) is 6.91. The highest BCUT2D eigenvalue weighted by atomic mass is 32.2. The van der Waals surface area contributed by atoms with E-state index in [9.17, 15) is 17.2 Å². The molecule has 0 bridgehead atoms. The molecule has 3 aromatic heterocycles. The smallest absolute Gasteiger partial charge is 0.302 e. The summed E-state index contributed by atoms with van der Waals surface area (Å²) in [5.74, 6) is -2.64. The SMILES string of the molecule is Cc1ccc(S(=O)(=O)n2ccc3cnc(N(C)C4CCN(CC(F)(F)c5ccc(C)cn5)CC4)nc32)cc1.